The maximum atomic E-state index is 10.4. The van der Waals surface area contributed by atoms with Crippen LogP contribution >= 0.6 is 0 Å². The third-order valence-electron chi connectivity index (χ3n) is 5.62. The Morgan fingerprint density at radius 1 is 0.969 bits per heavy atom. The van der Waals surface area contributed by atoms with Gasteiger partial charge in [0.2, 0.25) is 17.5 Å². The molecule has 1 saturated heterocycles. The van der Waals surface area contributed by atoms with E-state index in [4.69, 9.17) is 23.5 Å². The van der Waals surface area contributed by atoms with E-state index in [1.807, 2.05) is 36.4 Å². The highest BCUT2D eigenvalue weighted by Crippen LogP contribution is 2.42. The molecule has 1 N–H and O–H groups in total. The predicted octanol–water partition coefficient (Wildman–Crippen LogP) is 3.08. The van der Waals surface area contributed by atoms with Crippen LogP contribution in [0.5, 0.6) is 23.0 Å². The number of β-amino-alcohol motifs (C(OH)–C–C–N with tert-alkyl or cyclic N) is 1. The van der Waals surface area contributed by atoms with Crippen molar-refractivity contribution >= 4 is 0 Å². The SMILES string of the molecule is COc1ccc(-c2noc(C3CC(O)CN3Cc3ccc(OC)c(OC)c3OC)n2)cc1. The Morgan fingerprint density at radius 3 is 2.38 bits per heavy atom. The average Bonchev–Trinajstić information content (AvgIpc) is 3.45. The molecule has 9 heteroatoms. The zero-order valence-electron chi connectivity index (χ0n) is 18.6. The molecule has 1 aliphatic rings. The van der Waals surface area contributed by atoms with Gasteiger partial charge in [-0.05, 0) is 36.8 Å². The number of aliphatic hydroxyl groups excluding tert-OH is 1. The van der Waals surface area contributed by atoms with Gasteiger partial charge in [0.15, 0.2) is 11.5 Å². The van der Waals surface area contributed by atoms with Crippen molar-refractivity contribution in [2.45, 2.75) is 25.1 Å². The number of hydrogen-bond acceptors (Lipinski definition) is 9. The van der Waals surface area contributed by atoms with Gasteiger partial charge < -0.3 is 28.6 Å². The van der Waals surface area contributed by atoms with Gasteiger partial charge in [0.25, 0.3) is 0 Å². The Bertz CT molecular complexity index is 1050. The molecule has 32 heavy (non-hydrogen) atoms. The lowest BCUT2D eigenvalue weighted by atomic mass is 10.1. The molecular formula is C23H27N3O6. The second kappa shape index (κ2) is 9.46. The molecule has 0 aliphatic carbocycles. The summed E-state index contributed by atoms with van der Waals surface area (Å²) in [6.07, 6.45) is 0.00214. The van der Waals surface area contributed by atoms with Gasteiger partial charge in [-0.1, -0.05) is 11.2 Å². The fourth-order valence-electron chi connectivity index (χ4n) is 4.05. The standard InChI is InChI=1S/C23H27N3O6/c1-28-17-8-5-14(6-9-17)22-24-23(32-25-22)18-11-16(27)13-26(18)12-15-7-10-19(29-2)21(31-4)20(15)30-3/h5-10,16,18,27H,11-13H2,1-4H3. The minimum Gasteiger partial charge on any atom is -0.497 e. The highest BCUT2D eigenvalue weighted by molar-refractivity contribution is 5.56. The molecule has 1 fully saturated rings. The molecule has 2 heterocycles. The van der Waals surface area contributed by atoms with Gasteiger partial charge >= 0.3 is 0 Å². The van der Waals surface area contributed by atoms with Crippen LogP contribution in [0.4, 0.5) is 0 Å². The fraction of sp³-hybridized carbons (Fsp3) is 0.391. The van der Waals surface area contributed by atoms with Crippen molar-refractivity contribution in [3.63, 3.8) is 0 Å². The van der Waals surface area contributed by atoms with E-state index < -0.39 is 6.10 Å². The second-order valence-electron chi connectivity index (χ2n) is 7.51. The first kappa shape index (κ1) is 21.9. The topological polar surface area (TPSA) is 99.3 Å². The third kappa shape index (κ3) is 4.21. The molecule has 2 atom stereocenters. The van der Waals surface area contributed by atoms with Crippen LogP contribution in [0.2, 0.25) is 0 Å². The van der Waals surface area contributed by atoms with E-state index in [-0.39, 0.29) is 6.04 Å². The van der Waals surface area contributed by atoms with Gasteiger partial charge in [-0.15, -0.1) is 0 Å². The normalized spacial score (nSPS) is 18.5. The molecule has 0 radical (unpaired) electrons. The lowest BCUT2D eigenvalue weighted by Gasteiger charge is -2.23. The van der Waals surface area contributed by atoms with E-state index in [1.54, 1.807) is 28.4 Å². The fourth-order valence-corrected chi connectivity index (χ4v) is 4.05. The van der Waals surface area contributed by atoms with Gasteiger partial charge in [-0.3, -0.25) is 4.90 Å². The van der Waals surface area contributed by atoms with E-state index >= 15 is 0 Å². The molecule has 1 aromatic heterocycles. The van der Waals surface area contributed by atoms with Crippen molar-refractivity contribution in [3.05, 3.63) is 47.9 Å². The maximum absolute atomic E-state index is 10.4. The first-order chi connectivity index (χ1) is 15.6. The van der Waals surface area contributed by atoms with Crippen LogP contribution in [0.15, 0.2) is 40.9 Å². The van der Waals surface area contributed by atoms with Crippen molar-refractivity contribution in [1.82, 2.24) is 15.0 Å². The van der Waals surface area contributed by atoms with Crippen molar-refractivity contribution in [3.8, 4) is 34.4 Å². The third-order valence-corrected chi connectivity index (χ3v) is 5.62. The van der Waals surface area contributed by atoms with Gasteiger partial charge in [0, 0.05) is 24.2 Å². The van der Waals surface area contributed by atoms with Crippen LogP contribution in [-0.4, -0.2) is 61.2 Å². The van der Waals surface area contributed by atoms with Crippen molar-refractivity contribution in [2.24, 2.45) is 0 Å². The average molecular weight is 441 g/mol. The van der Waals surface area contributed by atoms with E-state index in [2.05, 4.69) is 15.0 Å². The second-order valence-corrected chi connectivity index (χ2v) is 7.51. The van der Waals surface area contributed by atoms with E-state index in [9.17, 15) is 5.11 Å². The lowest BCUT2D eigenvalue weighted by molar-refractivity contribution is 0.168. The molecule has 1 aliphatic heterocycles. The summed E-state index contributed by atoms with van der Waals surface area (Å²) >= 11 is 0. The molecule has 0 bridgehead atoms. The van der Waals surface area contributed by atoms with Gasteiger partial charge in [0.1, 0.15) is 5.75 Å². The van der Waals surface area contributed by atoms with Crippen LogP contribution in [0.3, 0.4) is 0 Å². The van der Waals surface area contributed by atoms with Gasteiger partial charge in [0.05, 0.1) is 40.6 Å². The largest absolute Gasteiger partial charge is 0.497 e. The lowest BCUT2D eigenvalue weighted by Crippen LogP contribution is -2.25. The Labute approximate surface area is 186 Å². The molecule has 0 saturated carbocycles. The van der Waals surface area contributed by atoms with Crippen LogP contribution < -0.4 is 18.9 Å². The zero-order chi connectivity index (χ0) is 22.7. The molecule has 4 rings (SSSR count). The van der Waals surface area contributed by atoms with E-state index in [0.29, 0.717) is 48.5 Å². The summed E-state index contributed by atoms with van der Waals surface area (Å²) in [5, 5.41) is 14.5. The highest BCUT2D eigenvalue weighted by atomic mass is 16.5. The van der Waals surface area contributed by atoms with Gasteiger partial charge in [-0.2, -0.15) is 4.98 Å². The van der Waals surface area contributed by atoms with Crippen LogP contribution in [-0.2, 0) is 6.54 Å². The van der Waals surface area contributed by atoms with E-state index in [1.165, 1.54) is 0 Å². The minimum absolute atomic E-state index is 0.220. The molecular weight excluding hydrogens is 414 g/mol. The Morgan fingerprint density at radius 2 is 1.72 bits per heavy atom. The van der Waals surface area contributed by atoms with Crippen molar-refractivity contribution < 1.29 is 28.6 Å². The van der Waals surface area contributed by atoms with Crippen LogP contribution in [0, 0.1) is 0 Å². The van der Waals surface area contributed by atoms with E-state index in [0.717, 1.165) is 16.9 Å². The Hall–Kier alpha value is -3.30. The molecule has 2 unspecified atom stereocenters. The Kier molecular flexibility index (Phi) is 6.48. The summed E-state index contributed by atoms with van der Waals surface area (Å²) < 4.78 is 27.3. The highest BCUT2D eigenvalue weighted by Gasteiger charge is 2.36. The van der Waals surface area contributed by atoms with Crippen molar-refractivity contribution in [1.29, 1.82) is 0 Å². The molecule has 170 valence electrons. The number of likely N-dealkylation sites (tertiary alicyclic amines) is 1. The summed E-state index contributed by atoms with van der Waals surface area (Å²) in [5.74, 6) is 3.43. The molecule has 0 amide bonds. The predicted molar refractivity (Wildman–Crippen MR) is 116 cm³/mol. The summed E-state index contributed by atoms with van der Waals surface area (Å²) in [6, 6.07) is 11.0. The number of aromatic nitrogens is 2. The smallest absolute Gasteiger partial charge is 0.244 e. The first-order valence-electron chi connectivity index (χ1n) is 10.3. The zero-order valence-corrected chi connectivity index (χ0v) is 18.6. The summed E-state index contributed by atoms with van der Waals surface area (Å²) in [7, 11) is 6.37. The minimum atomic E-state index is -0.498. The number of aliphatic hydroxyl groups is 1. The Balaban J connectivity index is 1.59. The molecule has 3 aromatic rings. The number of hydrogen-bond donors (Lipinski definition) is 1. The van der Waals surface area contributed by atoms with Crippen LogP contribution in [0.1, 0.15) is 23.9 Å². The van der Waals surface area contributed by atoms with Crippen LogP contribution in [0.25, 0.3) is 11.4 Å². The number of nitrogens with zero attached hydrogens (tertiary/aromatic N) is 3. The number of methoxy groups -OCH3 is 4. The molecule has 2 aromatic carbocycles. The van der Waals surface area contributed by atoms with Crippen molar-refractivity contribution in [2.75, 3.05) is 35.0 Å². The number of rotatable bonds is 8. The summed E-state index contributed by atoms with van der Waals surface area (Å²) in [6.45, 7) is 0.980. The first-order valence-corrected chi connectivity index (χ1v) is 10.3. The number of ether oxygens (including phenoxy) is 4. The maximum Gasteiger partial charge on any atom is 0.244 e. The summed E-state index contributed by atoms with van der Waals surface area (Å²) in [4.78, 5) is 6.70. The molecule has 9 nitrogen and oxygen atoms in total. The summed E-state index contributed by atoms with van der Waals surface area (Å²) in [5.41, 5.74) is 1.73. The monoisotopic (exact) mass is 441 g/mol. The van der Waals surface area contributed by atoms with Gasteiger partial charge in [-0.25, -0.2) is 0 Å². The molecule has 0 spiro atoms. The number of benzene rings is 2. The quantitative estimate of drug-likeness (QED) is 0.565.